The zero-order valence-electron chi connectivity index (χ0n) is 30.4. The molecule has 8 aromatic carbocycles. The third kappa shape index (κ3) is 6.35. The van der Waals surface area contributed by atoms with E-state index in [0.717, 1.165) is 54.3 Å². The van der Waals surface area contributed by atoms with Crippen molar-refractivity contribution in [2.45, 2.75) is 26.2 Å². The molecule has 0 atom stereocenters. The van der Waals surface area contributed by atoms with Crippen LogP contribution in [0.1, 0.15) is 31.9 Å². The summed E-state index contributed by atoms with van der Waals surface area (Å²) in [7, 11) is 0. The maximum absolute atomic E-state index is 10.7. The van der Waals surface area contributed by atoms with Crippen molar-refractivity contribution in [2.75, 3.05) is 0 Å². The molecular formula is C50H38N2OS. The largest absolute Gasteiger partial charge is 0.507 e. The molecule has 1 aromatic heterocycles. The second kappa shape index (κ2) is 13.6. The minimum absolute atomic E-state index is 0.0465. The van der Waals surface area contributed by atoms with E-state index in [0.29, 0.717) is 5.56 Å². The minimum atomic E-state index is -0.0465. The van der Waals surface area contributed by atoms with Crippen LogP contribution in [0.25, 0.3) is 75.7 Å². The van der Waals surface area contributed by atoms with E-state index in [1.165, 1.54) is 32.7 Å². The zero-order chi connectivity index (χ0) is 36.8. The number of aliphatic imine (C=N–C) groups is 1. The highest BCUT2D eigenvalue weighted by molar-refractivity contribution is 7.21. The number of nitrogens with zero attached hydrogens (tertiary/aromatic N) is 2. The Labute approximate surface area is 319 Å². The first-order chi connectivity index (χ1) is 26.3. The molecule has 9 rings (SSSR count). The van der Waals surface area contributed by atoms with Crippen LogP contribution in [0.15, 0.2) is 169 Å². The first kappa shape index (κ1) is 33.5. The monoisotopic (exact) mass is 714 g/mol. The summed E-state index contributed by atoms with van der Waals surface area (Å²) >= 11 is 1.68. The highest BCUT2D eigenvalue weighted by atomic mass is 32.1. The van der Waals surface area contributed by atoms with Crippen LogP contribution in [0, 0.1) is 0 Å². The van der Waals surface area contributed by atoms with Gasteiger partial charge in [0.2, 0.25) is 0 Å². The average Bonchev–Trinajstić information content (AvgIpc) is 3.64. The Hall–Kier alpha value is -6.36. The van der Waals surface area contributed by atoms with E-state index in [2.05, 4.69) is 148 Å². The molecule has 0 aliphatic rings. The number of phenolic OH excluding ortho intramolecular Hbond substituents is 1. The summed E-state index contributed by atoms with van der Waals surface area (Å²) in [5.41, 5.74) is 11.5. The van der Waals surface area contributed by atoms with E-state index in [9.17, 15) is 5.11 Å². The molecule has 0 unspecified atom stereocenters. The molecule has 9 aromatic rings. The predicted molar refractivity (Wildman–Crippen MR) is 230 cm³/mol. The second-order valence-electron chi connectivity index (χ2n) is 14.9. The van der Waals surface area contributed by atoms with Gasteiger partial charge in [-0.15, -0.1) is 11.3 Å². The Morgan fingerprint density at radius 1 is 0.556 bits per heavy atom. The van der Waals surface area contributed by atoms with Crippen molar-refractivity contribution in [3.05, 3.63) is 175 Å². The lowest BCUT2D eigenvalue weighted by Crippen LogP contribution is -2.11. The number of hydrogen-bond acceptors (Lipinski definition) is 4. The summed E-state index contributed by atoms with van der Waals surface area (Å²) in [6, 6.07) is 57.6. The van der Waals surface area contributed by atoms with E-state index in [-0.39, 0.29) is 11.2 Å². The number of para-hydroxylation sites is 1. The minimum Gasteiger partial charge on any atom is -0.507 e. The number of phenols is 1. The van der Waals surface area contributed by atoms with Crippen LogP contribution in [-0.4, -0.2) is 16.3 Å². The van der Waals surface area contributed by atoms with E-state index < -0.39 is 0 Å². The maximum Gasteiger partial charge on any atom is 0.126 e. The summed E-state index contributed by atoms with van der Waals surface area (Å²) in [6.45, 7) is 6.51. The number of hydrogen-bond donors (Lipinski definition) is 1. The van der Waals surface area contributed by atoms with Crippen molar-refractivity contribution in [3.8, 4) is 49.7 Å². The van der Waals surface area contributed by atoms with Gasteiger partial charge in [0.1, 0.15) is 10.8 Å². The number of rotatable bonds is 6. The fraction of sp³-hybridized carbons (Fsp3) is 0.0800. The average molecular weight is 715 g/mol. The van der Waals surface area contributed by atoms with Crippen LogP contribution in [0.4, 0.5) is 5.69 Å². The molecule has 0 saturated heterocycles. The number of aromatic hydroxyl groups is 1. The summed E-state index contributed by atoms with van der Waals surface area (Å²) in [5, 5.41) is 16.5. The molecule has 0 aliphatic heterocycles. The van der Waals surface area contributed by atoms with Gasteiger partial charge in [-0.1, -0.05) is 142 Å². The van der Waals surface area contributed by atoms with E-state index in [4.69, 9.17) is 9.98 Å². The van der Waals surface area contributed by atoms with Crippen molar-refractivity contribution in [1.29, 1.82) is 0 Å². The molecule has 3 nitrogen and oxygen atoms in total. The SMILES string of the molecule is CC(C)(C)c1ccc(O)c(C=Nc2ccccc2-c2nc3c(-c4cccc5ccccc45)cc(-c4ccc(-c5ccc6ccccc6c5)cc4)cc3s2)c1. The van der Waals surface area contributed by atoms with Gasteiger partial charge in [0.15, 0.2) is 0 Å². The topological polar surface area (TPSA) is 45.5 Å². The molecule has 0 fully saturated rings. The molecule has 1 heterocycles. The molecule has 1 N–H and O–H groups in total. The van der Waals surface area contributed by atoms with E-state index in [1.807, 2.05) is 30.3 Å². The molecule has 0 amide bonds. The smallest absolute Gasteiger partial charge is 0.126 e. The van der Waals surface area contributed by atoms with Gasteiger partial charge in [0.05, 0.1) is 15.9 Å². The summed E-state index contributed by atoms with van der Waals surface area (Å²) in [5.74, 6) is 0.210. The first-order valence-corrected chi connectivity index (χ1v) is 19.1. The van der Waals surface area contributed by atoms with Gasteiger partial charge in [-0.2, -0.15) is 0 Å². The number of thiazole rings is 1. The molecular weight excluding hydrogens is 677 g/mol. The summed E-state index contributed by atoms with van der Waals surface area (Å²) < 4.78 is 1.11. The number of benzene rings is 8. The Morgan fingerprint density at radius 3 is 2.04 bits per heavy atom. The molecule has 54 heavy (non-hydrogen) atoms. The van der Waals surface area contributed by atoms with E-state index in [1.54, 1.807) is 23.6 Å². The third-order valence-corrected chi connectivity index (χ3v) is 11.3. The number of fused-ring (bicyclic) bond motifs is 3. The molecule has 0 radical (unpaired) electrons. The molecule has 0 bridgehead atoms. The Balaban J connectivity index is 1.16. The van der Waals surface area contributed by atoms with Gasteiger partial charge in [0.25, 0.3) is 0 Å². The van der Waals surface area contributed by atoms with Crippen molar-refractivity contribution < 1.29 is 5.11 Å². The lowest BCUT2D eigenvalue weighted by molar-refractivity contribution is 0.473. The molecule has 0 saturated carbocycles. The van der Waals surface area contributed by atoms with Gasteiger partial charge in [-0.3, -0.25) is 4.99 Å². The van der Waals surface area contributed by atoms with Gasteiger partial charge >= 0.3 is 0 Å². The predicted octanol–water partition coefficient (Wildman–Crippen LogP) is 14.0. The summed E-state index contributed by atoms with van der Waals surface area (Å²) in [4.78, 5) is 10.3. The Morgan fingerprint density at radius 2 is 1.22 bits per heavy atom. The lowest BCUT2D eigenvalue weighted by atomic mass is 9.86. The number of aromatic nitrogens is 1. The maximum atomic E-state index is 10.7. The van der Waals surface area contributed by atoms with Crippen molar-refractivity contribution in [2.24, 2.45) is 4.99 Å². The quantitative estimate of drug-likeness (QED) is 0.174. The van der Waals surface area contributed by atoms with Crippen LogP contribution < -0.4 is 0 Å². The van der Waals surface area contributed by atoms with Crippen LogP contribution in [0.3, 0.4) is 0 Å². The Kier molecular flexibility index (Phi) is 8.41. The van der Waals surface area contributed by atoms with E-state index >= 15 is 0 Å². The van der Waals surface area contributed by atoms with Crippen LogP contribution in [0.5, 0.6) is 5.75 Å². The van der Waals surface area contributed by atoms with Crippen molar-refractivity contribution >= 4 is 55.0 Å². The van der Waals surface area contributed by atoms with Crippen molar-refractivity contribution in [1.82, 2.24) is 4.98 Å². The van der Waals surface area contributed by atoms with Crippen LogP contribution in [0.2, 0.25) is 0 Å². The van der Waals surface area contributed by atoms with Gasteiger partial charge in [-0.25, -0.2) is 4.98 Å². The second-order valence-corrected chi connectivity index (χ2v) is 15.9. The van der Waals surface area contributed by atoms with Gasteiger partial charge < -0.3 is 5.11 Å². The fourth-order valence-corrected chi connectivity index (χ4v) is 8.30. The third-order valence-electron chi connectivity index (χ3n) is 10.2. The van der Waals surface area contributed by atoms with Crippen molar-refractivity contribution in [3.63, 3.8) is 0 Å². The molecule has 0 spiro atoms. The standard InChI is InChI=1S/C50H38N2OS/c1-50(2,3)40-25-26-46(53)39(28-40)31-51-45-18-9-8-16-43(45)49-52-48-44(42-17-10-14-35-12-6-7-15-41(35)42)29-38(30-47(48)54-49)34-21-19-33(20-22-34)37-24-23-32-11-4-5-13-36(32)27-37/h4-31,53H,1-3H3. The highest BCUT2D eigenvalue weighted by Gasteiger charge is 2.18. The van der Waals surface area contributed by atoms with Gasteiger partial charge in [-0.05, 0) is 103 Å². The van der Waals surface area contributed by atoms with Gasteiger partial charge in [0, 0.05) is 22.9 Å². The summed E-state index contributed by atoms with van der Waals surface area (Å²) in [6.07, 6.45) is 1.76. The first-order valence-electron chi connectivity index (χ1n) is 18.3. The normalized spacial score (nSPS) is 12.0. The van der Waals surface area contributed by atoms with Crippen LogP contribution >= 0.6 is 11.3 Å². The molecule has 0 aliphatic carbocycles. The molecule has 260 valence electrons. The molecule has 4 heteroatoms. The zero-order valence-corrected chi connectivity index (χ0v) is 31.2. The lowest BCUT2D eigenvalue weighted by Gasteiger charge is -2.19. The highest BCUT2D eigenvalue weighted by Crippen LogP contribution is 2.43. The Bertz CT molecular complexity index is 2870. The fourth-order valence-electron chi connectivity index (χ4n) is 7.23. The van der Waals surface area contributed by atoms with Crippen LogP contribution in [-0.2, 0) is 5.41 Å².